The van der Waals surface area contributed by atoms with Gasteiger partial charge in [0.05, 0.1) is 0 Å². The third kappa shape index (κ3) is 12.3. The van der Waals surface area contributed by atoms with E-state index in [1.165, 1.54) is 0 Å². The lowest BCUT2D eigenvalue weighted by atomic mass is 10.1. The molecular formula is C13H26N4O7. The highest BCUT2D eigenvalue weighted by atomic mass is 16.5. The average molecular weight is 350 g/mol. The van der Waals surface area contributed by atoms with Crippen LogP contribution in [0.3, 0.4) is 0 Å². The summed E-state index contributed by atoms with van der Waals surface area (Å²) in [6, 6.07) is -3.00. The summed E-state index contributed by atoms with van der Waals surface area (Å²) in [6.45, 7) is 3.09. The van der Waals surface area contributed by atoms with Crippen molar-refractivity contribution in [3.63, 3.8) is 0 Å². The molecule has 0 radical (unpaired) electrons. The predicted octanol–water partition coefficient (Wildman–Crippen LogP) is -2.41. The molecule has 0 heterocycles. The Kier molecular flexibility index (Phi) is 12.2. The second kappa shape index (κ2) is 12.2. The van der Waals surface area contributed by atoms with E-state index in [2.05, 4.69) is 4.74 Å². The SMILES string of the molecule is CC(C)[C@H](N)C(=O)O.NC(=O)CC[C@H](N)C(=O)OC[C@H](N)C(=O)O. The van der Waals surface area contributed by atoms with Crippen LogP contribution in [0.1, 0.15) is 26.7 Å². The van der Waals surface area contributed by atoms with Gasteiger partial charge in [0.2, 0.25) is 5.91 Å². The number of ether oxygens (including phenoxy) is 1. The van der Waals surface area contributed by atoms with Crippen molar-refractivity contribution in [1.29, 1.82) is 0 Å². The molecule has 1 amide bonds. The zero-order chi connectivity index (χ0) is 19.4. The lowest BCUT2D eigenvalue weighted by molar-refractivity contribution is -0.149. The van der Waals surface area contributed by atoms with E-state index in [4.69, 9.17) is 33.1 Å². The molecule has 0 saturated carbocycles. The van der Waals surface area contributed by atoms with Crippen molar-refractivity contribution < 1.29 is 34.1 Å². The first-order chi connectivity index (χ1) is 10.9. The number of esters is 1. The molecular weight excluding hydrogens is 324 g/mol. The van der Waals surface area contributed by atoms with Crippen LogP contribution in [0.4, 0.5) is 0 Å². The van der Waals surface area contributed by atoms with Crippen LogP contribution in [0.2, 0.25) is 0 Å². The van der Waals surface area contributed by atoms with Crippen LogP contribution in [-0.2, 0) is 23.9 Å². The fourth-order valence-electron chi connectivity index (χ4n) is 1.05. The van der Waals surface area contributed by atoms with Gasteiger partial charge in [-0.1, -0.05) is 13.8 Å². The highest BCUT2D eigenvalue weighted by molar-refractivity contribution is 5.79. The molecule has 0 aromatic rings. The van der Waals surface area contributed by atoms with Gasteiger partial charge in [-0.15, -0.1) is 0 Å². The standard InChI is InChI=1S/C8H15N3O5.C5H11NO2/c9-4(1-2-6(11)12)8(15)16-3-5(10)7(13)14;1-3(2)4(6)5(7)8/h4-5H,1-3,9-10H2,(H2,11,12)(H,13,14);3-4H,6H2,1-2H3,(H,7,8)/t4-,5-;4-/m00/s1. The zero-order valence-corrected chi connectivity index (χ0v) is 13.7. The molecule has 0 aliphatic rings. The minimum atomic E-state index is -1.28. The number of primary amides is 1. The van der Waals surface area contributed by atoms with Crippen LogP contribution >= 0.6 is 0 Å². The van der Waals surface area contributed by atoms with Gasteiger partial charge in [-0.25, -0.2) is 0 Å². The molecule has 10 N–H and O–H groups in total. The molecule has 11 nitrogen and oxygen atoms in total. The highest BCUT2D eigenvalue weighted by Gasteiger charge is 2.19. The largest absolute Gasteiger partial charge is 0.480 e. The molecule has 11 heteroatoms. The van der Waals surface area contributed by atoms with Crippen molar-refractivity contribution in [3.05, 3.63) is 0 Å². The molecule has 0 saturated heterocycles. The van der Waals surface area contributed by atoms with Crippen LogP contribution in [0.25, 0.3) is 0 Å². The maximum Gasteiger partial charge on any atom is 0.324 e. The summed E-state index contributed by atoms with van der Waals surface area (Å²) in [7, 11) is 0. The Morgan fingerprint density at radius 3 is 1.75 bits per heavy atom. The first-order valence-corrected chi connectivity index (χ1v) is 7.07. The summed E-state index contributed by atoms with van der Waals surface area (Å²) in [6.07, 6.45) is 0.0116. The molecule has 0 aliphatic heterocycles. The number of rotatable bonds is 9. The molecule has 0 bridgehead atoms. The second-order valence-electron chi connectivity index (χ2n) is 5.29. The number of aliphatic carboxylic acids is 2. The first-order valence-electron chi connectivity index (χ1n) is 7.07. The van der Waals surface area contributed by atoms with E-state index in [1.54, 1.807) is 13.8 Å². The van der Waals surface area contributed by atoms with Gasteiger partial charge in [-0.2, -0.15) is 0 Å². The first kappa shape index (κ1) is 24.0. The molecule has 140 valence electrons. The molecule has 0 unspecified atom stereocenters. The van der Waals surface area contributed by atoms with Gasteiger partial charge in [0.15, 0.2) is 0 Å². The van der Waals surface area contributed by atoms with Crippen LogP contribution < -0.4 is 22.9 Å². The zero-order valence-electron chi connectivity index (χ0n) is 13.7. The van der Waals surface area contributed by atoms with Crippen molar-refractivity contribution >= 4 is 23.8 Å². The van der Waals surface area contributed by atoms with E-state index in [9.17, 15) is 19.2 Å². The van der Waals surface area contributed by atoms with E-state index < -0.39 is 48.5 Å². The van der Waals surface area contributed by atoms with E-state index in [0.29, 0.717) is 0 Å². The molecule has 24 heavy (non-hydrogen) atoms. The lowest BCUT2D eigenvalue weighted by Gasteiger charge is -2.12. The van der Waals surface area contributed by atoms with Gasteiger partial charge < -0.3 is 37.9 Å². The fourth-order valence-corrected chi connectivity index (χ4v) is 1.05. The van der Waals surface area contributed by atoms with Crippen LogP contribution in [0, 0.1) is 5.92 Å². The quantitative estimate of drug-likeness (QED) is 0.241. The highest BCUT2D eigenvalue weighted by Crippen LogP contribution is 1.97. The average Bonchev–Trinajstić information content (AvgIpc) is 2.48. The van der Waals surface area contributed by atoms with Gasteiger partial charge in [0.1, 0.15) is 24.7 Å². The van der Waals surface area contributed by atoms with Gasteiger partial charge in [-0.3, -0.25) is 19.2 Å². The third-order valence-corrected chi connectivity index (χ3v) is 2.73. The van der Waals surface area contributed by atoms with Gasteiger partial charge in [0, 0.05) is 6.42 Å². The number of amides is 1. The van der Waals surface area contributed by atoms with E-state index in [1.807, 2.05) is 0 Å². The molecule has 0 spiro atoms. The Morgan fingerprint density at radius 2 is 1.46 bits per heavy atom. The third-order valence-electron chi connectivity index (χ3n) is 2.73. The van der Waals surface area contributed by atoms with Crippen molar-refractivity contribution in [1.82, 2.24) is 0 Å². The molecule has 0 aromatic heterocycles. The number of hydrogen-bond acceptors (Lipinski definition) is 8. The second-order valence-corrected chi connectivity index (χ2v) is 5.29. The van der Waals surface area contributed by atoms with Gasteiger partial charge >= 0.3 is 17.9 Å². The number of carbonyl (C=O) groups is 4. The summed E-state index contributed by atoms with van der Waals surface area (Å²) in [5, 5.41) is 16.6. The number of carboxylic acids is 2. The molecule has 0 aliphatic carbocycles. The Labute approximate surface area is 139 Å². The van der Waals surface area contributed by atoms with Gasteiger partial charge in [-0.05, 0) is 12.3 Å². The molecule has 0 aromatic carbocycles. The van der Waals surface area contributed by atoms with E-state index >= 15 is 0 Å². The maximum absolute atomic E-state index is 11.1. The number of hydrogen-bond donors (Lipinski definition) is 6. The summed E-state index contributed by atoms with van der Waals surface area (Å²) < 4.78 is 4.54. The van der Waals surface area contributed by atoms with E-state index in [0.717, 1.165) is 0 Å². The maximum atomic E-state index is 11.1. The Morgan fingerprint density at radius 1 is 0.958 bits per heavy atom. The molecule has 3 atom stereocenters. The van der Waals surface area contributed by atoms with Crippen molar-refractivity contribution in [2.24, 2.45) is 28.9 Å². The topological polar surface area (TPSA) is 222 Å². The lowest BCUT2D eigenvalue weighted by Crippen LogP contribution is -2.39. The number of nitrogens with two attached hydrogens (primary N) is 4. The van der Waals surface area contributed by atoms with Crippen molar-refractivity contribution in [2.45, 2.75) is 44.8 Å². The number of carbonyl (C=O) groups excluding carboxylic acids is 2. The predicted molar refractivity (Wildman–Crippen MR) is 83.4 cm³/mol. The molecule has 0 fully saturated rings. The Balaban J connectivity index is 0. The van der Waals surface area contributed by atoms with Crippen molar-refractivity contribution in [3.8, 4) is 0 Å². The number of carboxylic acid groups (broad SMARTS) is 2. The smallest absolute Gasteiger partial charge is 0.324 e. The van der Waals surface area contributed by atoms with Crippen LogP contribution in [-0.4, -0.2) is 58.8 Å². The fraction of sp³-hybridized carbons (Fsp3) is 0.692. The van der Waals surface area contributed by atoms with Crippen molar-refractivity contribution in [2.75, 3.05) is 6.61 Å². The van der Waals surface area contributed by atoms with Crippen LogP contribution in [0.15, 0.2) is 0 Å². The Hall–Kier alpha value is -2.24. The molecule has 0 rings (SSSR count). The monoisotopic (exact) mass is 350 g/mol. The summed E-state index contributed by atoms with van der Waals surface area (Å²) in [5.74, 6) is -3.57. The normalized spacial score (nSPS) is 13.9. The minimum Gasteiger partial charge on any atom is -0.480 e. The Bertz CT molecular complexity index is 442. The minimum absolute atomic E-state index is 0.0208. The summed E-state index contributed by atoms with van der Waals surface area (Å²) in [4.78, 5) is 41.8. The van der Waals surface area contributed by atoms with E-state index in [-0.39, 0.29) is 18.8 Å². The van der Waals surface area contributed by atoms with Gasteiger partial charge in [0.25, 0.3) is 0 Å². The summed E-state index contributed by atoms with van der Waals surface area (Å²) in [5.41, 5.74) is 20.5. The van der Waals surface area contributed by atoms with Crippen LogP contribution in [0.5, 0.6) is 0 Å². The summed E-state index contributed by atoms with van der Waals surface area (Å²) >= 11 is 0.